The number of hydrogen-bond donors (Lipinski definition) is 1. The number of carboxylic acid groups (broad SMARTS) is 1. The second kappa shape index (κ2) is 7.36. The minimum atomic E-state index is -0.941. The van der Waals surface area contributed by atoms with Gasteiger partial charge in [-0.2, -0.15) is 11.3 Å². The molecule has 28 heavy (non-hydrogen) atoms. The number of allylic oxidation sites excluding steroid dienone is 2. The van der Waals surface area contributed by atoms with E-state index in [2.05, 4.69) is 4.99 Å². The summed E-state index contributed by atoms with van der Waals surface area (Å²) in [5, 5.41) is 13.7. The zero-order chi connectivity index (χ0) is 19.8. The predicted octanol–water partition coefficient (Wildman–Crippen LogP) is 4.42. The monoisotopic (exact) mass is 395 g/mol. The van der Waals surface area contributed by atoms with Gasteiger partial charge in [-0.05, 0) is 47.4 Å². The molecular weight excluding hydrogens is 374 g/mol. The molecule has 144 valence electrons. The highest BCUT2D eigenvalue weighted by Crippen LogP contribution is 2.47. The van der Waals surface area contributed by atoms with E-state index in [9.17, 15) is 14.7 Å². The summed E-state index contributed by atoms with van der Waals surface area (Å²) < 4.78 is 5.48. The first kappa shape index (κ1) is 18.6. The van der Waals surface area contributed by atoms with Crippen LogP contribution in [-0.2, 0) is 9.59 Å². The molecule has 5 nitrogen and oxygen atoms in total. The number of methoxy groups -OCH3 is 1. The molecule has 2 aromatic rings. The van der Waals surface area contributed by atoms with Crippen LogP contribution in [0.5, 0.6) is 5.75 Å². The molecule has 3 unspecified atom stereocenters. The Morgan fingerprint density at radius 2 is 2.04 bits per heavy atom. The summed E-state index contributed by atoms with van der Waals surface area (Å²) in [5.41, 5.74) is 3.71. The summed E-state index contributed by atoms with van der Waals surface area (Å²) in [6.07, 6.45) is 0.937. The molecule has 6 heteroatoms. The van der Waals surface area contributed by atoms with E-state index in [0.29, 0.717) is 24.1 Å². The molecule has 0 radical (unpaired) electrons. The molecule has 1 aliphatic heterocycles. The van der Waals surface area contributed by atoms with Crippen molar-refractivity contribution in [3.05, 3.63) is 63.5 Å². The molecule has 0 spiro atoms. The number of thiophene rings is 1. The summed E-state index contributed by atoms with van der Waals surface area (Å²) >= 11 is 1.51. The van der Waals surface area contributed by atoms with Gasteiger partial charge in [0.1, 0.15) is 11.7 Å². The van der Waals surface area contributed by atoms with Crippen LogP contribution in [0.25, 0.3) is 0 Å². The van der Waals surface area contributed by atoms with Crippen molar-refractivity contribution in [1.29, 1.82) is 0 Å². The van der Waals surface area contributed by atoms with Crippen molar-refractivity contribution in [3.63, 3.8) is 0 Å². The summed E-state index contributed by atoms with van der Waals surface area (Å²) in [6, 6.07) is 9.64. The Labute approximate surface area is 167 Å². The zero-order valence-electron chi connectivity index (χ0n) is 15.7. The molecule has 0 saturated heterocycles. The number of nitrogens with zero attached hydrogens (tertiary/aromatic N) is 1. The number of aliphatic imine (C=N–C) groups is 1. The van der Waals surface area contributed by atoms with Crippen molar-refractivity contribution in [2.75, 3.05) is 7.11 Å². The second-order valence-corrected chi connectivity index (χ2v) is 8.01. The Morgan fingerprint density at radius 3 is 2.71 bits per heavy atom. The first-order valence-electron chi connectivity index (χ1n) is 9.20. The van der Waals surface area contributed by atoms with E-state index in [-0.39, 0.29) is 11.7 Å². The van der Waals surface area contributed by atoms with Crippen molar-refractivity contribution in [2.24, 2.45) is 10.9 Å². The van der Waals surface area contributed by atoms with E-state index in [1.54, 1.807) is 14.0 Å². The predicted molar refractivity (Wildman–Crippen MR) is 108 cm³/mol. The highest BCUT2D eigenvalue weighted by Gasteiger charge is 2.44. The number of carboxylic acids is 1. The van der Waals surface area contributed by atoms with Crippen molar-refractivity contribution in [2.45, 2.75) is 31.6 Å². The first-order valence-corrected chi connectivity index (χ1v) is 10.1. The fraction of sp³-hybridized carbons (Fsp3) is 0.318. The van der Waals surface area contributed by atoms with Gasteiger partial charge in [-0.3, -0.25) is 14.6 Å². The average Bonchev–Trinajstić information content (AvgIpc) is 3.20. The quantitative estimate of drug-likeness (QED) is 0.832. The number of carbonyl (C=O) groups excluding carboxylic acids is 1. The Kier molecular flexibility index (Phi) is 4.89. The van der Waals surface area contributed by atoms with Crippen LogP contribution < -0.4 is 4.74 Å². The Hall–Kier alpha value is -2.73. The van der Waals surface area contributed by atoms with Gasteiger partial charge in [0.2, 0.25) is 0 Å². The van der Waals surface area contributed by atoms with E-state index in [1.165, 1.54) is 11.3 Å². The maximum atomic E-state index is 13.2. The van der Waals surface area contributed by atoms with Crippen LogP contribution in [0.1, 0.15) is 42.7 Å². The van der Waals surface area contributed by atoms with Gasteiger partial charge in [0.05, 0.1) is 7.11 Å². The number of ether oxygens (including phenoxy) is 1. The molecule has 4 rings (SSSR count). The van der Waals surface area contributed by atoms with E-state index in [1.807, 2.05) is 41.1 Å². The van der Waals surface area contributed by atoms with Gasteiger partial charge in [0, 0.05) is 35.2 Å². The molecule has 2 aliphatic rings. The molecule has 0 saturated carbocycles. The van der Waals surface area contributed by atoms with Crippen molar-refractivity contribution in [1.82, 2.24) is 0 Å². The molecular formula is C22H21NO4S. The maximum absolute atomic E-state index is 13.2. The van der Waals surface area contributed by atoms with Gasteiger partial charge in [-0.1, -0.05) is 18.2 Å². The number of hydrogen-bond acceptors (Lipinski definition) is 5. The van der Waals surface area contributed by atoms with E-state index < -0.39 is 17.8 Å². The van der Waals surface area contributed by atoms with Gasteiger partial charge >= 0.3 is 5.97 Å². The molecule has 3 atom stereocenters. The fourth-order valence-corrected chi connectivity index (χ4v) is 5.11. The minimum absolute atomic E-state index is 0.0177. The standard InChI is InChI=1S/C22H21NO4S/c1-12-19(22(25)26)20(13-7-8-28-11-13)21-16(23-12)9-14(10-17(21)24)15-5-3-4-6-18(15)27-2/h3-8,11,14,19-20H,9-10H2,1-2H3,(H,25,26). The lowest BCUT2D eigenvalue weighted by molar-refractivity contribution is -0.139. The number of Topliss-reactive ketones (excluding diaryl/α,β-unsaturated/α-hetero) is 1. The van der Waals surface area contributed by atoms with Gasteiger partial charge < -0.3 is 9.84 Å². The Balaban J connectivity index is 1.80. The molecule has 0 bridgehead atoms. The maximum Gasteiger partial charge on any atom is 0.313 e. The first-order chi connectivity index (χ1) is 13.5. The lowest BCUT2D eigenvalue weighted by Crippen LogP contribution is -2.37. The molecule has 1 aliphatic carbocycles. The van der Waals surface area contributed by atoms with E-state index >= 15 is 0 Å². The summed E-state index contributed by atoms with van der Waals surface area (Å²) in [5.74, 6) is -1.50. The van der Waals surface area contributed by atoms with Crippen LogP contribution in [-0.4, -0.2) is 29.7 Å². The molecule has 1 aromatic carbocycles. The second-order valence-electron chi connectivity index (χ2n) is 7.23. The number of benzene rings is 1. The molecule has 1 aromatic heterocycles. The largest absolute Gasteiger partial charge is 0.496 e. The number of para-hydroxylation sites is 1. The van der Waals surface area contributed by atoms with Crippen molar-refractivity contribution >= 4 is 28.8 Å². The topological polar surface area (TPSA) is 76.0 Å². The third-order valence-electron chi connectivity index (χ3n) is 5.64. The number of rotatable bonds is 4. The zero-order valence-corrected chi connectivity index (χ0v) is 16.5. The van der Waals surface area contributed by atoms with Crippen LogP contribution in [0.4, 0.5) is 0 Å². The molecule has 0 amide bonds. The van der Waals surface area contributed by atoms with Crippen LogP contribution in [0.2, 0.25) is 0 Å². The van der Waals surface area contributed by atoms with Crippen LogP contribution in [0, 0.1) is 5.92 Å². The van der Waals surface area contributed by atoms with E-state index in [4.69, 9.17) is 4.74 Å². The van der Waals surface area contributed by atoms with Crippen LogP contribution in [0.3, 0.4) is 0 Å². The third-order valence-corrected chi connectivity index (χ3v) is 6.34. The lowest BCUT2D eigenvalue weighted by Gasteiger charge is -2.35. The van der Waals surface area contributed by atoms with Gasteiger partial charge in [-0.25, -0.2) is 0 Å². The average molecular weight is 395 g/mol. The number of ketones is 1. The third kappa shape index (κ3) is 3.07. The lowest BCUT2D eigenvalue weighted by atomic mass is 9.69. The summed E-state index contributed by atoms with van der Waals surface area (Å²) in [4.78, 5) is 29.8. The molecule has 2 heterocycles. The van der Waals surface area contributed by atoms with E-state index in [0.717, 1.165) is 22.6 Å². The van der Waals surface area contributed by atoms with Gasteiger partial charge in [0.15, 0.2) is 5.78 Å². The molecule has 1 N–H and O–H groups in total. The van der Waals surface area contributed by atoms with Crippen LogP contribution >= 0.6 is 11.3 Å². The summed E-state index contributed by atoms with van der Waals surface area (Å²) in [7, 11) is 1.63. The Bertz CT molecular complexity index is 990. The number of aliphatic carboxylic acids is 1. The SMILES string of the molecule is COc1ccccc1C1CC(=O)C2=C(C1)N=C(C)C(C(=O)O)C2c1ccsc1. The van der Waals surface area contributed by atoms with Crippen molar-refractivity contribution < 1.29 is 19.4 Å². The Morgan fingerprint density at radius 1 is 1.25 bits per heavy atom. The summed E-state index contributed by atoms with van der Waals surface area (Å²) in [6.45, 7) is 1.75. The van der Waals surface area contributed by atoms with Crippen molar-refractivity contribution in [3.8, 4) is 5.75 Å². The highest BCUT2D eigenvalue weighted by molar-refractivity contribution is 7.08. The highest BCUT2D eigenvalue weighted by atomic mass is 32.1. The molecule has 0 fully saturated rings. The fourth-order valence-electron chi connectivity index (χ4n) is 4.42. The number of carbonyl (C=O) groups is 2. The van der Waals surface area contributed by atoms with Gasteiger partial charge in [-0.15, -0.1) is 0 Å². The normalized spacial score (nSPS) is 24.6. The smallest absolute Gasteiger partial charge is 0.313 e. The minimum Gasteiger partial charge on any atom is -0.496 e. The van der Waals surface area contributed by atoms with Gasteiger partial charge in [0.25, 0.3) is 0 Å². The van der Waals surface area contributed by atoms with Crippen LogP contribution in [0.15, 0.2) is 57.4 Å².